The van der Waals surface area contributed by atoms with Crippen molar-refractivity contribution in [3.8, 4) is 0 Å². The maximum Gasteiger partial charge on any atom is 0.251 e. The molecule has 0 aliphatic carbocycles. The summed E-state index contributed by atoms with van der Waals surface area (Å²) in [4.78, 5) is 14.8. The number of pyridine rings is 1. The highest BCUT2D eigenvalue weighted by molar-refractivity contribution is 5.84. The molecule has 0 bridgehead atoms. The molecule has 3 aromatic rings. The summed E-state index contributed by atoms with van der Waals surface area (Å²) in [6, 6.07) is 16.4. The first-order chi connectivity index (χ1) is 16.9. The summed E-state index contributed by atoms with van der Waals surface area (Å²) in [6.45, 7) is 11.3. The van der Waals surface area contributed by atoms with Gasteiger partial charge in [0.2, 0.25) is 0 Å². The van der Waals surface area contributed by atoms with Crippen molar-refractivity contribution in [1.82, 2.24) is 14.8 Å². The van der Waals surface area contributed by atoms with E-state index in [4.69, 9.17) is 0 Å². The SMILES string of the molecule is CC(CNC1CCN(CC2Cn3c(=O)ccc4ccc(F)c2c43)CC1)Cc1ccc(C(C)C)cc1. The molecule has 5 rings (SSSR count). The fraction of sp³-hybridized carbons (Fsp3) is 0.500. The predicted octanol–water partition coefficient (Wildman–Crippen LogP) is 5.29. The largest absolute Gasteiger partial charge is 0.314 e. The minimum Gasteiger partial charge on any atom is -0.314 e. The first-order valence-corrected chi connectivity index (χ1v) is 13.3. The van der Waals surface area contributed by atoms with Crippen LogP contribution in [0.15, 0.2) is 53.3 Å². The maximum absolute atomic E-state index is 14.8. The van der Waals surface area contributed by atoms with Crippen molar-refractivity contribution in [2.45, 2.75) is 64.5 Å². The van der Waals surface area contributed by atoms with Gasteiger partial charge in [-0.2, -0.15) is 0 Å². The molecule has 4 nitrogen and oxygen atoms in total. The van der Waals surface area contributed by atoms with Gasteiger partial charge in [0.15, 0.2) is 0 Å². The van der Waals surface area contributed by atoms with E-state index in [9.17, 15) is 9.18 Å². The number of piperidine rings is 1. The molecule has 0 amide bonds. The van der Waals surface area contributed by atoms with Crippen molar-refractivity contribution in [2.24, 2.45) is 5.92 Å². The van der Waals surface area contributed by atoms with Crippen LogP contribution in [0.5, 0.6) is 0 Å². The third-order valence-electron chi connectivity index (χ3n) is 8.00. The van der Waals surface area contributed by atoms with E-state index in [1.807, 2.05) is 6.07 Å². The zero-order valence-corrected chi connectivity index (χ0v) is 21.3. The molecule has 0 spiro atoms. The van der Waals surface area contributed by atoms with Crippen molar-refractivity contribution < 1.29 is 4.39 Å². The molecule has 1 aromatic heterocycles. The minimum absolute atomic E-state index is 0.0280. The highest BCUT2D eigenvalue weighted by Gasteiger charge is 2.31. The lowest BCUT2D eigenvalue weighted by atomic mass is 9.95. The first kappa shape index (κ1) is 24.2. The second kappa shape index (κ2) is 10.2. The van der Waals surface area contributed by atoms with Crippen LogP contribution < -0.4 is 10.9 Å². The normalized spacial score (nSPS) is 19.6. The molecular formula is C30H38FN3O. The Morgan fingerprint density at radius 2 is 1.71 bits per heavy atom. The summed E-state index contributed by atoms with van der Waals surface area (Å²) < 4.78 is 16.6. The number of aromatic nitrogens is 1. The van der Waals surface area contributed by atoms with Crippen LogP contribution >= 0.6 is 0 Å². The minimum atomic E-state index is -0.177. The number of rotatable bonds is 8. The summed E-state index contributed by atoms with van der Waals surface area (Å²) in [7, 11) is 0. The molecule has 0 radical (unpaired) electrons. The molecule has 3 heterocycles. The van der Waals surface area contributed by atoms with Gasteiger partial charge in [0.25, 0.3) is 5.56 Å². The Morgan fingerprint density at radius 3 is 2.43 bits per heavy atom. The molecule has 2 aromatic carbocycles. The van der Waals surface area contributed by atoms with Crippen LogP contribution in [0.1, 0.15) is 62.1 Å². The van der Waals surface area contributed by atoms with E-state index in [0.29, 0.717) is 24.4 Å². The molecule has 2 aliphatic rings. The maximum atomic E-state index is 14.8. The van der Waals surface area contributed by atoms with Gasteiger partial charge in [0, 0.05) is 36.7 Å². The fourth-order valence-corrected chi connectivity index (χ4v) is 5.94. The number of halogens is 1. The van der Waals surface area contributed by atoms with Crippen LogP contribution in [0.25, 0.3) is 10.9 Å². The number of benzene rings is 2. The Morgan fingerprint density at radius 1 is 1.00 bits per heavy atom. The van der Waals surface area contributed by atoms with Gasteiger partial charge >= 0.3 is 0 Å². The Labute approximate surface area is 208 Å². The predicted molar refractivity (Wildman–Crippen MR) is 142 cm³/mol. The van der Waals surface area contributed by atoms with Crippen molar-refractivity contribution in [1.29, 1.82) is 0 Å². The quantitative estimate of drug-likeness (QED) is 0.481. The van der Waals surface area contributed by atoms with Gasteiger partial charge in [-0.15, -0.1) is 0 Å². The standard InChI is InChI=1S/C30H38FN3O/c1-20(2)23-6-4-22(5-7-23)16-21(3)17-32-26-12-14-33(15-13-26)18-25-19-34-28(35)11-9-24-8-10-27(31)29(25)30(24)34/h4-11,20-21,25-26,32H,12-19H2,1-3H3. The van der Waals surface area contributed by atoms with Crippen molar-refractivity contribution in [3.05, 3.63) is 81.4 Å². The third-order valence-corrected chi connectivity index (χ3v) is 8.00. The van der Waals surface area contributed by atoms with Crippen LogP contribution in [0, 0.1) is 11.7 Å². The average Bonchev–Trinajstić information content (AvgIpc) is 3.24. The van der Waals surface area contributed by atoms with E-state index in [0.717, 1.165) is 61.9 Å². The molecule has 1 fully saturated rings. The highest BCUT2D eigenvalue weighted by atomic mass is 19.1. The first-order valence-electron chi connectivity index (χ1n) is 13.3. The second-order valence-corrected chi connectivity index (χ2v) is 11.1. The lowest BCUT2D eigenvalue weighted by molar-refractivity contribution is 0.182. The molecule has 1 N–H and O–H groups in total. The summed E-state index contributed by atoms with van der Waals surface area (Å²) >= 11 is 0. The number of nitrogens with one attached hydrogen (secondary N) is 1. The highest BCUT2D eigenvalue weighted by Crippen LogP contribution is 2.35. The Hall–Kier alpha value is -2.50. The van der Waals surface area contributed by atoms with Gasteiger partial charge in [-0.1, -0.05) is 45.0 Å². The van der Waals surface area contributed by atoms with E-state index in [2.05, 4.69) is 55.3 Å². The molecule has 2 aliphatic heterocycles. The van der Waals surface area contributed by atoms with Gasteiger partial charge in [-0.3, -0.25) is 4.79 Å². The lowest BCUT2D eigenvalue weighted by Gasteiger charge is -2.34. The fourth-order valence-electron chi connectivity index (χ4n) is 5.94. The molecule has 35 heavy (non-hydrogen) atoms. The third kappa shape index (κ3) is 5.22. The molecule has 2 atom stereocenters. The Bertz CT molecular complexity index is 1220. The lowest BCUT2D eigenvalue weighted by Crippen LogP contribution is -2.45. The summed E-state index contributed by atoms with van der Waals surface area (Å²) in [5.74, 6) is 1.04. The zero-order chi connectivity index (χ0) is 24.5. The Kier molecular flexibility index (Phi) is 7.08. The molecule has 1 saturated heterocycles. The van der Waals surface area contributed by atoms with Gasteiger partial charge in [-0.25, -0.2) is 4.39 Å². The molecule has 5 heteroatoms. The van der Waals surface area contributed by atoms with E-state index >= 15 is 0 Å². The zero-order valence-electron chi connectivity index (χ0n) is 21.3. The van der Waals surface area contributed by atoms with Crippen molar-refractivity contribution in [3.63, 3.8) is 0 Å². The van der Waals surface area contributed by atoms with E-state index in [-0.39, 0.29) is 17.3 Å². The van der Waals surface area contributed by atoms with Crippen LogP contribution in [-0.4, -0.2) is 41.7 Å². The van der Waals surface area contributed by atoms with Crippen LogP contribution in [0.2, 0.25) is 0 Å². The number of hydrogen-bond acceptors (Lipinski definition) is 3. The van der Waals surface area contributed by atoms with E-state index in [1.165, 1.54) is 11.1 Å². The second-order valence-electron chi connectivity index (χ2n) is 11.1. The summed E-state index contributed by atoms with van der Waals surface area (Å²) in [5, 5.41) is 4.76. The number of nitrogens with zero attached hydrogens (tertiary/aromatic N) is 2. The van der Waals surface area contributed by atoms with E-state index < -0.39 is 0 Å². The molecular weight excluding hydrogens is 437 g/mol. The number of hydrogen-bond donors (Lipinski definition) is 1. The van der Waals surface area contributed by atoms with Crippen LogP contribution in [0.4, 0.5) is 4.39 Å². The van der Waals surface area contributed by atoms with Gasteiger partial charge in [0.05, 0.1) is 5.52 Å². The summed E-state index contributed by atoms with van der Waals surface area (Å²) in [6.07, 6.45) is 3.33. The van der Waals surface area contributed by atoms with Gasteiger partial charge in [-0.05, 0) is 85.4 Å². The molecule has 0 saturated carbocycles. The van der Waals surface area contributed by atoms with Crippen LogP contribution in [0.3, 0.4) is 0 Å². The average molecular weight is 476 g/mol. The smallest absolute Gasteiger partial charge is 0.251 e. The van der Waals surface area contributed by atoms with Gasteiger partial charge < -0.3 is 14.8 Å². The van der Waals surface area contributed by atoms with E-state index in [1.54, 1.807) is 22.8 Å². The van der Waals surface area contributed by atoms with Crippen molar-refractivity contribution in [2.75, 3.05) is 26.2 Å². The van der Waals surface area contributed by atoms with Crippen LogP contribution in [-0.2, 0) is 13.0 Å². The molecule has 2 unspecified atom stereocenters. The topological polar surface area (TPSA) is 37.3 Å². The van der Waals surface area contributed by atoms with Crippen molar-refractivity contribution >= 4 is 10.9 Å². The molecule has 186 valence electrons. The van der Waals surface area contributed by atoms with Gasteiger partial charge in [0.1, 0.15) is 5.82 Å². The Balaban J connectivity index is 1.11. The number of likely N-dealkylation sites (tertiary alicyclic amines) is 1. The monoisotopic (exact) mass is 475 g/mol. The summed E-state index contributed by atoms with van der Waals surface area (Å²) in [5.41, 5.74) is 4.32.